The first-order valence-corrected chi connectivity index (χ1v) is 9.41. The summed E-state index contributed by atoms with van der Waals surface area (Å²) >= 11 is 0. The van der Waals surface area contributed by atoms with E-state index >= 15 is 0 Å². The molecule has 0 unspecified atom stereocenters. The van der Waals surface area contributed by atoms with Crippen molar-refractivity contribution in [3.63, 3.8) is 0 Å². The van der Waals surface area contributed by atoms with Gasteiger partial charge in [0.2, 0.25) is 0 Å². The Balaban J connectivity index is 1.44. The van der Waals surface area contributed by atoms with E-state index in [1.165, 1.54) is 0 Å². The van der Waals surface area contributed by atoms with Gasteiger partial charge in [-0.1, -0.05) is 12.1 Å². The predicted octanol–water partition coefficient (Wildman–Crippen LogP) is -0.0558. The maximum Gasteiger partial charge on any atom is 0.258 e. The van der Waals surface area contributed by atoms with E-state index in [1.54, 1.807) is 6.07 Å². The second-order valence-electron chi connectivity index (χ2n) is 7.22. The maximum absolute atomic E-state index is 12.8. The van der Waals surface area contributed by atoms with Crippen LogP contribution in [-0.4, -0.2) is 77.7 Å². The van der Waals surface area contributed by atoms with E-state index < -0.39 is 6.10 Å². The van der Waals surface area contributed by atoms with Crippen molar-refractivity contribution < 1.29 is 9.53 Å². The Bertz CT molecular complexity index is 877. The van der Waals surface area contributed by atoms with Crippen LogP contribution in [0.5, 0.6) is 0 Å². The number of ether oxygens (including phenoxy) is 1. The molecule has 0 spiro atoms. The van der Waals surface area contributed by atoms with Crippen molar-refractivity contribution in [1.82, 2.24) is 25.1 Å². The van der Waals surface area contributed by atoms with Crippen LogP contribution in [0.25, 0.3) is 10.9 Å². The van der Waals surface area contributed by atoms with Gasteiger partial charge in [-0.15, -0.1) is 0 Å². The number of carbonyl (C=O) groups excluding carboxylic acids is 1. The van der Waals surface area contributed by atoms with Gasteiger partial charge < -0.3 is 19.9 Å². The first kappa shape index (κ1) is 18.1. The normalized spacial score (nSPS) is 23.6. The Morgan fingerprint density at radius 3 is 3.07 bits per heavy atom. The molecule has 8 nitrogen and oxygen atoms in total. The molecule has 0 bridgehead atoms. The van der Waals surface area contributed by atoms with Crippen LogP contribution in [0.4, 0.5) is 0 Å². The fourth-order valence-electron chi connectivity index (χ4n) is 3.79. The minimum Gasteiger partial charge on any atom is -0.366 e. The molecule has 2 atom stereocenters. The summed E-state index contributed by atoms with van der Waals surface area (Å²) in [5.74, 6) is 0.633. The number of nitrogens with zero attached hydrogens (tertiary/aromatic N) is 3. The van der Waals surface area contributed by atoms with Gasteiger partial charge in [0.05, 0.1) is 24.1 Å². The van der Waals surface area contributed by atoms with Crippen LogP contribution in [-0.2, 0) is 16.1 Å². The van der Waals surface area contributed by atoms with Crippen molar-refractivity contribution >= 4 is 16.8 Å². The lowest BCUT2D eigenvalue weighted by molar-refractivity contribution is -0.150. The Morgan fingerprint density at radius 2 is 2.26 bits per heavy atom. The van der Waals surface area contributed by atoms with Gasteiger partial charge in [0.25, 0.3) is 11.5 Å². The fraction of sp³-hybridized carbons (Fsp3) is 0.526. The minimum atomic E-state index is -0.475. The third-order valence-electron chi connectivity index (χ3n) is 5.39. The van der Waals surface area contributed by atoms with Gasteiger partial charge in [-0.2, -0.15) is 0 Å². The molecule has 2 N–H and O–H groups in total. The molecular weight excluding hydrogens is 346 g/mol. The standard InChI is InChI=1S/C19H25N5O3/c1-23(13-6-7-20-10-13)19(26)16-11-24(8-9-27-16)12-17-21-15-5-3-2-4-14(15)18(25)22-17/h2-5,13,16,20H,6-12H2,1H3,(H,21,22,25)/t13-,16+/m1/s1. The number of likely N-dealkylation sites (N-methyl/N-ethyl adjacent to an activating group) is 1. The molecule has 2 aromatic rings. The smallest absolute Gasteiger partial charge is 0.258 e. The zero-order valence-electron chi connectivity index (χ0n) is 15.5. The number of aromatic nitrogens is 2. The van der Waals surface area contributed by atoms with Crippen molar-refractivity contribution in [3.05, 3.63) is 40.4 Å². The lowest BCUT2D eigenvalue weighted by Gasteiger charge is -2.35. The summed E-state index contributed by atoms with van der Waals surface area (Å²) in [5, 5.41) is 3.87. The fourth-order valence-corrected chi connectivity index (χ4v) is 3.79. The molecule has 1 amide bonds. The molecule has 1 aromatic heterocycles. The summed E-state index contributed by atoms with van der Waals surface area (Å²) in [6, 6.07) is 7.53. The third-order valence-corrected chi connectivity index (χ3v) is 5.39. The summed E-state index contributed by atoms with van der Waals surface area (Å²) in [4.78, 5) is 36.4. The lowest BCUT2D eigenvalue weighted by Crippen LogP contribution is -2.52. The summed E-state index contributed by atoms with van der Waals surface area (Å²) in [5.41, 5.74) is 0.551. The zero-order valence-corrected chi connectivity index (χ0v) is 15.5. The molecule has 3 heterocycles. The number of hydrogen-bond donors (Lipinski definition) is 2. The summed E-state index contributed by atoms with van der Waals surface area (Å²) < 4.78 is 5.74. The van der Waals surface area contributed by atoms with E-state index in [2.05, 4.69) is 20.2 Å². The van der Waals surface area contributed by atoms with Crippen LogP contribution < -0.4 is 10.9 Å². The number of benzene rings is 1. The molecule has 2 aliphatic rings. The molecule has 2 aliphatic heterocycles. The van der Waals surface area contributed by atoms with Crippen molar-refractivity contribution in [3.8, 4) is 0 Å². The number of H-pyrrole nitrogens is 1. The summed E-state index contributed by atoms with van der Waals surface area (Å²) in [7, 11) is 1.85. The Labute approximate surface area is 157 Å². The van der Waals surface area contributed by atoms with Crippen LogP contribution in [0.3, 0.4) is 0 Å². The lowest BCUT2D eigenvalue weighted by atomic mass is 10.2. The Kier molecular flexibility index (Phi) is 5.20. The molecular formula is C19H25N5O3. The first-order chi connectivity index (χ1) is 13.1. The number of carbonyl (C=O) groups is 1. The molecule has 27 heavy (non-hydrogen) atoms. The highest BCUT2D eigenvalue weighted by Crippen LogP contribution is 2.14. The minimum absolute atomic E-state index is 0.0216. The van der Waals surface area contributed by atoms with E-state index in [1.807, 2.05) is 30.1 Å². The highest BCUT2D eigenvalue weighted by molar-refractivity contribution is 5.81. The number of hydrogen-bond acceptors (Lipinski definition) is 6. The molecule has 144 valence electrons. The molecule has 8 heteroatoms. The van der Waals surface area contributed by atoms with Gasteiger partial charge >= 0.3 is 0 Å². The second kappa shape index (κ2) is 7.75. The van der Waals surface area contributed by atoms with E-state index in [0.717, 1.165) is 19.5 Å². The Morgan fingerprint density at radius 1 is 1.41 bits per heavy atom. The van der Waals surface area contributed by atoms with E-state index in [9.17, 15) is 9.59 Å². The van der Waals surface area contributed by atoms with Gasteiger partial charge in [0, 0.05) is 32.7 Å². The van der Waals surface area contributed by atoms with Crippen LogP contribution in [0.15, 0.2) is 29.1 Å². The van der Waals surface area contributed by atoms with Crippen LogP contribution in [0.2, 0.25) is 0 Å². The molecule has 0 saturated carbocycles. The Hall–Kier alpha value is -2.29. The van der Waals surface area contributed by atoms with Gasteiger partial charge in [0.15, 0.2) is 0 Å². The van der Waals surface area contributed by atoms with E-state index in [4.69, 9.17) is 4.74 Å². The van der Waals surface area contributed by atoms with E-state index in [0.29, 0.717) is 43.0 Å². The number of amides is 1. The molecule has 1 aromatic carbocycles. The van der Waals surface area contributed by atoms with Crippen molar-refractivity contribution in [1.29, 1.82) is 0 Å². The van der Waals surface area contributed by atoms with Crippen molar-refractivity contribution in [2.75, 3.05) is 39.8 Å². The molecule has 0 aliphatic carbocycles. The predicted molar refractivity (Wildman–Crippen MR) is 101 cm³/mol. The average Bonchev–Trinajstić information content (AvgIpc) is 3.22. The number of aromatic amines is 1. The number of rotatable bonds is 4. The molecule has 2 fully saturated rings. The topological polar surface area (TPSA) is 90.6 Å². The second-order valence-corrected chi connectivity index (χ2v) is 7.22. The van der Waals surface area contributed by atoms with Crippen molar-refractivity contribution in [2.45, 2.75) is 25.1 Å². The van der Waals surface area contributed by atoms with E-state index in [-0.39, 0.29) is 17.5 Å². The third kappa shape index (κ3) is 3.87. The van der Waals surface area contributed by atoms with Gasteiger partial charge in [-0.25, -0.2) is 4.98 Å². The average molecular weight is 371 g/mol. The monoisotopic (exact) mass is 371 g/mol. The summed E-state index contributed by atoms with van der Waals surface area (Å²) in [6.07, 6.45) is 0.498. The molecule has 4 rings (SSSR count). The van der Waals surface area contributed by atoms with Gasteiger partial charge in [0.1, 0.15) is 11.9 Å². The molecule has 2 saturated heterocycles. The summed E-state index contributed by atoms with van der Waals surface area (Å²) in [6.45, 7) is 3.96. The van der Waals surface area contributed by atoms with Crippen molar-refractivity contribution in [2.24, 2.45) is 0 Å². The van der Waals surface area contributed by atoms with Crippen LogP contribution in [0, 0.1) is 0 Å². The van der Waals surface area contributed by atoms with Gasteiger partial charge in [-0.05, 0) is 25.1 Å². The highest BCUT2D eigenvalue weighted by atomic mass is 16.5. The number of morpholine rings is 1. The SMILES string of the molecule is CN(C(=O)[C@@H]1CN(Cc2nc3ccccc3c(=O)[nH]2)CCO1)[C@@H]1CCNC1. The number of nitrogens with one attached hydrogen (secondary N) is 2. The number of fused-ring (bicyclic) bond motifs is 1. The zero-order chi connectivity index (χ0) is 18.8. The van der Waals surface area contributed by atoms with Crippen LogP contribution in [0.1, 0.15) is 12.2 Å². The van der Waals surface area contributed by atoms with Crippen LogP contribution >= 0.6 is 0 Å². The largest absolute Gasteiger partial charge is 0.366 e. The molecule has 0 radical (unpaired) electrons. The maximum atomic E-state index is 12.8. The highest BCUT2D eigenvalue weighted by Gasteiger charge is 2.32. The van der Waals surface area contributed by atoms with Gasteiger partial charge in [-0.3, -0.25) is 14.5 Å². The first-order valence-electron chi connectivity index (χ1n) is 9.41. The quantitative estimate of drug-likeness (QED) is 0.783. The number of para-hydroxylation sites is 1.